The lowest BCUT2D eigenvalue weighted by atomic mass is 10.1. The first-order chi connectivity index (χ1) is 11.0. The van der Waals surface area contributed by atoms with Crippen molar-refractivity contribution in [3.8, 4) is 0 Å². The maximum atomic E-state index is 12.8. The van der Waals surface area contributed by atoms with E-state index in [1.165, 1.54) is 0 Å². The molecule has 1 amide bonds. The molecule has 3 rings (SSSR count). The van der Waals surface area contributed by atoms with Crippen LogP contribution in [0.5, 0.6) is 0 Å². The molecule has 1 atom stereocenters. The fourth-order valence-corrected chi connectivity index (χ4v) is 3.31. The number of likely N-dealkylation sites (N-methyl/N-ethyl adjacent to an activating group) is 1. The topological polar surface area (TPSA) is 49.6 Å². The summed E-state index contributed by atoms with van der Waals surface area (Å²) in [7, 11) is 1.96. The first-order valence-corrected chi connectivity index (χ1v) is 8.04. The highest BCUT2D eigenvalue weighted by molar-refractivity contribution is 6.33. The molecule has 1 saturated heterocycles. The zero-order chi connectivity index (χ0) is 16.6. The van der Waals surface area contributed by atoms with E-state index in [9.17, 15) is 4.79 Å². The molecule has 5 nitrogen and oxygen atoms in total. The van der Waals surface area contributed by atoms with Crippen molar-refractivity contribution in [1.82, 2.24) is 10.1 Å². The number of aromatic nitrogens is 1. The Morgan fingerprint density at radius 3 is 2.78 bits per heavy atom. The van der Waals surface area contributed by atoms with Crippen molar-refractivity contribution >= 4 is 23.2 Å². The van der Waals surface area contributed by atoms with E-state index < -0.39 is 0 Å². The van der Waals surface area contributed by atoms with Crippen molar-refractivity contribution in [2.45, 2.75) is 32.9 Å². The molecule has 122 valence electrons. The van der Waals surface area contributed by atoms with E-state index >= 15 is 0 Å². The maximum absolute atomic E-state index is 12.8. The summed E-state index contributed by atoms with van der Waals surface area (Å²) < 4.78 is 5.20. The molecule has 0 spiro atoms. The summed E-state index contributed by atoms with van der Waals surface area (Å²) in [6.45, 7) is 5.15. The number of halogens is 1. The van der Waals surface area contributed by atoms with Gasteiger partial charge in [-0.1, -0.05) is 28.9 Å². The van der Waals surface area contributed by atoms with Gasteiger partial charge in [0.2, 0.25) is 5.91 Å². The summed E-state index contributed by atoms with van der Waals surface area (Å²) in [5.41, 5.74) is 2.71. The van der Waals surface area contributed by atoms with Gasteiger partial charge in [0.25, 0.3) is 0 Å². The SMILES string of the molecule is Cc1noc(C)c1CN(C)C1CCN(c2ccccc2Cl)C1=O. The highest BCUT2D eigenvalue weighted by Gasteiger charge is 2.36. The molecule has 1 unspecified atom stereocenters. The quantitative estimate of drug-likeness (QED) is 0.862. The minimum atomic E-state index is -0.153. The average molecular weight is 334 g/mol. The van der Waals surface area contributed by atoms with Crippen LogP contribution < -0.4 is 4.90 Å². The number of anilines is 1. The highest BCUT2D eigenvalue weighted by Crippen LogP contribution is 2.30. The fourth-order valence-electron chi connectivity index (χ4n) is 3.07. The molecular formula is C17H20ClN3O2. The lowest BCUT2D eigenvalue weighted by Crippen LogP contribution is -2.39. The van der Waals surface area contributed by atoms with Gasteiger partial charge in [-0.25, -0.2) is 0 Å². The number of benzene rings is 1. The van der Waals surface area contributed by atoms with Gasteiger partial charge in [0.15, 0.2) is 0 Å². The molecule has 0 aliphatic carbocycles. The van der Waals surface area contributed by atoms with Crippen LogP contribution in [0.4, 0.5) is 5.69 Å². The van der Waals surface area contributed by atoms with E-state index in [-0.39, 0.29) is 11.9 Å². The monoisotopic (exact) mass is 333 g/mol. The lowest BCUT2D eigenvalue weighted by Gasteiger charge is -2.24. The van der Waals surface area contributed by atoms with Crippen molar-refractivity contribution in [3.05, 3.63) is 46.3 Å². The average Bonchev–Trinajstić information content (AvgIpc) is 3.05. The van der Waals surface area contributed by atoms with Crippen molar-refractivity contribution in [3.63, 3.8) is 0 Å². The van der Waals surface area contributed by atoms with Gasteiger partial charge < -0.3 is 9.42 Å². The van der Waals surface area contributed by atoms with Gasteiger partial charge >= 0.3 is 0 Å². The summed E-state index contributed by atoms with van der Waals surface area (Å²) in [6.07, 6.45) is 0.782. The molecule has 0 saturated carbocycles. The van der Waals surface area contributed by atoms with Gasteiger partial charge in [-0.05, 0) is 39.4 Å². The Bertz CT molecular complexity index is 709. The zero-order valence-electron chi connectivity index (χ0n) is 13.5. The molecule has 2 heterocycles. The molecular weight excluding hydrogens is 314 g/mol. The zero-order valence-corrected chi connectivity index (χ0v) is 14.3. The van der Waals surface area contributed by atoms with E-state index in [4.69, 9.17) is 16.1 Å². The van der Waals surface area contributed by atoms with E-state index in [0.29, 0.717) is 18.1 Å². The minimum absolute atomic E-state index is 0.0901. The third-order valence-corrected chi connectivity index (χ3v) is 4.76. The molecule has 1 fully saturated rings. The number of carbonyl (C=O) groups excluding carboxylic acids is 1. The van der Waals surface area contributed by atoms with Crippen LogP contribution in [0.15, 0.2) is 28.8 Å². The van der Waals surface area contributed by atoms with Crippen LogP contribution in [0.2, 0.25) is 5.02 Å². The second kappa shape index (κ2) is 6.34. The van der Waals surface area contributed by atoms with Crippen molar-refractivity contribution < 1.29 is 9.32 Å². The van der Waals surface area contributed by atoms with Crippen molar-refractivity contribution in [2.75, 3.05) is 18.5 Å². The Labute approximate surface area is 140 Å². The predicted octanol–water partition coefficient (Wildman–Crippen LogP) is 3.18. The molecule has 1 aliphatic heterocycles. The molecule has 1 aliphatic rings. The molecule has 0 bridgehead atoms. The Hall–Kier alpha value is -1.85. The third-order valence-electron chi connectivity index (χ3n) is 4.44. The van der Waals surface area contributed by atoms with Gasteiger partial charge in [-0.3, -0.25) is 9.69 Å². The number of nitrogens with zero attached hydrogens (tertiary/aromatic N) is 3. The van der Waals surface area contributed by atoms with E-state index in [1.54, 1.807) is 4.90 Å². The highest BCUT2D eigenvalue weighted by atomic mass is 35.5. The number of para-hydroxylation sites is 1. The second-order valence-electron chi connectivity index (χ2n) is 5.96. The lowest BCUT2D eigenvalue weighted by molar-refractivity contribution is -0.121. The maximum Gasteiger partial charge on any atom is 0.244 e. The third kappa shape index (κ3) is 2.99. The number of hydrogen-bond donors (Lipinski definition) is 0. The number of rotatable bonds is 4. The summed E-state index contributed by atoms with van der Waals surface area (Å²) in [6, 6.07) is 7.31. The van der Waals surface area contributed by atoms with Crippen LogP contribution in [0, 0.1) is 13.8 Å². The Balaban J connectivity index is 1.75. The molecule has 1 aromatic heterocycles. The Kier molecular flexibility index (Phi) is 4.41. The standard InChI is InChI=1S/C17H20ClN3O2/c1-11-13(12(2)23-19-11)10-20(3)16-8-9-21(17(16)22)15-7-5-4-6-14(15)18/h4-7,16H,8-10H2,1-3H3. The summed E-state index contributed by atoms with van der Waals surface area (Å²) in [5.74, 6) is 0.898. The van der Waals surface area contributed by atoms with Crippen LogP contribution in [-0.2, 0) is 11.3 Å². The van der Waals surface area contributed by atoms with Crippen molar-refractivity contribution in [2.24, 2.45) is 0 Å². The summed E-state index contributed by atoms with van der Waals surface area (Å²) >= 11 is 6.23. The number of aryl methyl sites for hydroxylation is 2. The van der Waals surface area contributed by atoms with Crippen LogP contribution in [0.3, 0.4) is 0 Å². The van der Waals surface area contributed by atoms with Gasteiger partial charge in [-0.15, -0.1) is 0 Å². The fraction of sp³-hybridized carbons (Fsp3) is 0.412. The van der Waals surface area contributed by atoms with Gasteiger partial charge in [-0.2, -0.15) is 0 Å². The number of amides is 1. The van der Waals surface area contributed by atoms with Gasteiger partial charge in [0.1, 0.15) is 5.76 Å². The number of hydrogen-bond acceptors (Lipinski definition) is 4. The Morgan fingerprint density at radius 2 is 2.13 bits per heavy atom. The predicted molar refractivity (Wildman–Crippen MR) is 89.7 cm³/mol. The van der Waals surface area contributed by atoms with E-state index in [2.05, 4.69) is 10.1 Å². The minimum Gasteiger partial charge on any atom is -0.361 e. The summed E-state index contributed by atoms with van der Waals surface area (Å²) in [5, 5.41) is 4.58. The Morgan fingerprint density at radius 1 is 1.39 bits per heavy atom. The second-order valence-corrected chi connectivity index (χ2v) is 6.37. The molecule has 6 heteroatoms. The molecule has 0 N–H and O–H groups in total. The van der Waals surface area contributed by atoms with Crippen LogP contribution in [-0.4, -0.2) is 35.6 Å². The van der Waals surface area contributed by atoms with Crippen molar-refractivity contribution in [1.29, 1.82) is 0 Å². The number of carbonyl (C=O) groups is 1. The largest absolute Gasteiger partial charge is 0.361 e. The first kappa shape index (κ1) is 16.0. The van der Waals surface area contributed by atoms with Gasteiger partial charge in [0.05, 0.1) is 22.4 Å². The van der Waals surface area contributed by atoms with Crippen LogP contribution >= 0.6 is 11.6 Å². The molecule has 2 aromatic rings. The normalized spacial score (nSPS) is 18.2. The molecule has 23 heavy (non-hydrogen) atoms. The molecule has 0 radical (unpaired) electrons. The summed E-state index contributed by atoms with van der Waals surface area (Å²) in [4.78, 5) is 16.6. The van der Waals surface area contributed by atoms with Crippen LogP contribution in [0.25, 0.3) is 0 Å². The molecule has 1 aromatic carbocycles. The van der Waals surface area contributed by atoms with Gasteiger partial charge in [0, 0.05) is 18.7 Å². The smallest absolute Gasteiger partial charge is 0.244 e. The van der Waals surface area contributed by atoms with Crippen LogP contribution in [0.1, 0.15) is 23.4 Å². The first-order valence-electron chi connectivity index (χ1n) is 7.67. The van der Waals surface area contributed by atoms with E-state index in [1.807, 2.05) is 45.2 Å². The van der Waals surface area contributed by atoms with E-state index in [0.717, 1.165) is 29.1 Å².